The number of aromatic amines is 1. The summed E-state index contributed by atoms with van der Waals surface area (Å²) in [5.74, 6) is -1.06. The van der Waals surface area contributed by atoms with Crippen molar-refractivity contribution in [2.45, 2.75) is 0 Å². The highest BCUT2D eigenvalue weighted by atomic mass is 35.5. The highest BCUT2D eigenvalue weighted by molar-refractivity contribution is 6.01. The highest BCUT2D eigenvalue weighted by Gasteiger charge is 2.11. The zero-order valence-corrected chi connectivity index (χ0v) is 7.84. The van der Waals surface area contributed by atoms with E-state index in [1.54, 1.807) is 18.2 Å². The molecule has 0 atom stereocenters. The number of aromatic carboxylic acids is 1. The fraction of sp³-hybridized carbons (Fsp3) is 0. The number of nitrogen functional groups attached to an aromatic ring is 1. The number of anilines is 1. The average Bonchev–Trinajstić information content (AvgIpc) is 2.46. The van der Waals surface area contributed by atoms with Crippen LogP contribution in [0, 0.1) is 0 Å². The summed E-state index contributed by atoms with van der Waals surface area (Å²) in [6.07, 6.45) is 0. The molecule has 4 N–H and O–H groups in total. The van der Waals surface area contributed by atoms with Gasteiger partial charge in [-0.25, -0.2) is 4.79 Å². The molecule has 2 rings (SSSR count). The van der Waals surface area contributed by atoms with Crippen molar-refractivity contribution in [2.24, 2.45) is 0 Å². The predicted octanol–water partition coefficient (Wildman–Crippen LogP) is 1.27. The van der Waals surface area contributed by atoms with E-state index in [0.717, 1.165) is 0 Å². The molecule has 0 fully saturated rings. The molecule has 1 aromatic carbocycles. The summed E-state index contributed by atoms with van der Waals surface area (Å²) in [5, 5.41) is 15.5. The molecule has 0 aliphatic carbocycles. The number of aromatic nitrogens is 2. The molecule has 2 aromatic rings. The zero-order chi connectivity index (χ0) is 9.42. The Balaban J connectivity index is 0.000000980. The van der Waals surface area contributed by atoms with E-state index in [-0.39, 0.29) is 18.1 Å². The third kappa shape index (κ3) is 1.49. The van der Waals surface area contributed by atoms with Crippen molar-refractivity contribution in [1.29, 1.82) is 0 Å². The highest BCUT2D eigenvalue weighted by Crippen LogP contribution is 2.18. The Morgan fingerprint density at radius 1 is 1.50 bits per heavy atom. The van der Waals surface area contributed by atoms with E-state index >= 15 is 0 Å². The molecule has 0 aliphatic rings. The average molecular weight is 214 g/mol. The van der Waals surface area contributed by atoms with Crippen molar-refractivity contribution < 1.29 is 9.90 Å². The molecule has 74 valence electrons. The van der Waals surface area contributed by atoms with Gasteiger partial charge in [0, 0.05) is 11.1 Å². The lowest BCUT2D eigenvalue weighted by Crippen LogP contribution is -1.97. The van der Waals surface area contributed by atoms with Crippen LogP contribution >= 0.6 is 12.4 Å². The number of H-pyrrole nitrogens is 1. The standard InChI is InChI=1S/C8H7N3O2.ClH/c9-4-1-2-6-5(3-4)7(8(12)13)11-10-6;/h1-3H,9H2,(H,10,11)(H,12,13);1H. The van der Waals surface area contributed by atoms with Gasteiger partial charge in [-0.15, -0.1) is 12.4 Å². The number of benzene rings is 1. The van der Waals surface area contributed by atoms with Crippen LogP contribution in [0.25, 0.3) is 10.9 Å². The SMILES string of the molecule is Cl.Nc1ccc2[nH]nc(C(=O)O)c2c1. The third-order valence-corrected chi connectivity index (χ3v) is 1.79. The quantitative estimate of drug-likeness (QED) is 0.622. The van der Waals surface area contributed by atoms with Gasteiger partial charge in [-0.2, -0.15) is 5.10 Å². The molecule has 0 saturated carbocycles. The smallest absolute Gasteiger partial charge is 0.357 e. The molecule has 0 radical (unpaired) electrons. The molecular formula is C8H8ClN3O2. The van der Waals surface area contributed by atoms with Crippen LogP contribution < -0.4 is 5.73 Å². The van der Waals surface area contributed by atoms with Crippen molar-refractivity contribution in [1.82, 2.24) is 10.2 Å². The maximum atomic E-state index is 10.7. The van der Waals surface area contributed by atoms with E-state index in [2.05, 4.69) is 10.2 Å². The Kier molecular flexibility index (Phi) is 2.62. The number of carboxylic acids is 1. The Bertz CT molecular complexity index is 480. The van der Waals surface area contributed by atoms with E-state index in [1.165, 1.54) is 0 Å². The minimum atomic E-state index is -1.06. The van der Waals surface area contributed by atoms with Gasteiger partial charge in [0.1, 0.15) is 0 Å². The maximum absolute atomic E-state index is 10.7. The predicted molar refractivity (Wildman–Crippen MR) is 54.7 cm³/mol. The molecule has 0 amide bonds. The summed E-state index contributed by atoms with van der Waals surface area (Å²) in [5.41, 5.74) is 6.72. The molecule has 5 nitrogen and oxygen atoms in total. The number of hydrogen-bond donors (Lipinski definition) is 3. The van der Waals surface area contributed by atoms with E-state index in [4.69, 9.17) is 10.8 Å². The molecule has 1 heterocycles. The number of nitrogens with two attached hydrogens (primary N) is 1. The lowest BCUT2D eigenvalue weighted by Gasteiger charge is -1.92. The number of nitrogens with one attached hydrogen (secondary N) is 1. The summed E-state index contributed by atoms with van der Waals surface area (Å²) in [7, 11) is 0. The van der Waals surface area contributed by atoms with Crippen molar-refractivity contribution >= 4 is 35.0 Å². The topological polar surface area (TPSA) is 92.0 Å². The Hall–Kier alpha value is -1.75. The van der Waals surface area contributed by atoms with Crippen LogP contribution in [0.15, 0.2) is 18.2 Å². The second-order valence-corrected chi connectivity index (χ2v) is 2.68. The molecule has 0 bridgehead atoms. The number of fused-ring (bicyclic) bond motifs is 1. The Morgan fingerprint density at radius 3 is 2.86 bits per heavy atom. The van der Waals surface area contributed by atoms with Gasteiger partial charge >= 0.3 is 5.97 Å². The first-order valence-electron chi connectivity index (χ1n) is 3.65. The van der Waals surface area contributed by atoms with E-state index in [9.17, 15) is 4.79 Å². The molecule has 14 heavy (non-hydrogen) atoms. The first kappa shape index (κ1) is 10.3. The first-order chi connectivity index (χ1) is 6.18. The van der Waals surface area contributed by atoms with Crippen molar-refractivity contribution in [3.05, 3.63) is 23.9 Å². The molecular weight excluding hydrogens is 206 g/mol. The molecule has 6 heteroatoms. The molecule has 0 spiro atoms. The van der Waals surface area contributed by atoms with Crippen LogP contribution in [0.3, 0.4) is 0 Å². The largest absolute Gasteiger partial charge is 0.476 e. The minimum Gasteiger partial charge on any atom is -0.476 e. The molecule has 0 saturated heterocycles. The van der Waals surface area contributed by atoms with Gasteiger partial charge in [-0.3, -0.25) is 5.10 Å². The molecule has 0 unspecified atom stereocenters. The van der Waals surface area contributed by atoms with Crippen LogP contribution in [-0.4, -0.2) is 21.3 Å². The summed E-state index contributed by atoms with van der Waals surface area (Å²) in [6.45, 7) is 0. The van der Waals surface area contributed by atoms with Gasteiger partial charge in [0.2, 0.25) is 0 Å². The fourth-order valence-electron chi connectivity index (χ4n) is 1.19. The van der Waals surface area contributed by atoms with Gasteiger partial charge in [0.25, 0.3) is 0 Å². The second-order valence-electron chi connectivity index (χ2n) is 2.68. The monoisotopic (exact) mass is 213 g/mol. The summed E-state index contributed by atoms with van der Waals surface area (Å²) < 4.78 is 0. The summed E-state index contributed by atoms with van der Waals surface area (Å²) >= 11 is 0. The lowest BCUT2D eigenvalue weighted by atomic mass is 10.2. The fourth-order valence-corrected chi connectivity index (χ4v) is 1.19. The zero-order valence-electron chi connectivity index (χ0n) is 7.02. The van der Waals surface area contributed by atoms with E-state index in [1.807, 2.05) is 0 Å². The number of rotatable bonds is 1. The van der Waals surface area contributed by atoms with E-state index in [0.29, 0.717) is 16.6 Å². The Labute approximate surface area is 85.3 Å². The number of carbonyl (C=O) groups is 1. The number of carboxylic acid groups (broad SMARTS) is 1. The van der Waals surface area contributed by atoms with Gasteiger partial charge in [0.15, 0.2) is 5.69 Å². The van der Waals surface area contributed by atoms with Gasteiger partial charge in [-0.1, -0.05) is 0 Å². The van der Waals surface area contributed by atoms with Crippen molar-refractivity contribution in [2.75, 3.05) is 5.73 Å². The number of hydrogen-bond acceptors (Lipinski definition) is 3. The van der Waals surface area contributed by atoms with Gasteiger partial charge in [-0.05, 0) is 18.2 Å². The van der Waals surface area contributed by atoms with Crippen LogP contribution in [0.4, 0.5) is 5.69 Å². The van der Waals surface area contributed by atoms with Crippen molar-refractivity contribution in [3.8, 4) is 0 Å². The molecule has 0 aliphatic heterocycles. The van der Waals surface area contributed by atoms with Crippen molar-refractivity contribution in [3.63, 3.8) is 0 Å². The first-order valence-corrected chi connectivity index (χ1v) is 3.65. The van der Waals surface area contributed by atoms with Gasteiger partial charge < -0.3 is 10.8 Å². The lowest BCUT2D eigenvalue weighted by molar-refractivity contribution is 0.0692. The van der Waals surface area contributed by atoms with Crippen LogP contribution in [0.2, 0.25) is 0 Å². The summed E-state index contributed by atoms with van der Waals surface area (Å²) in [6, 6.07) is 4.97. The summed E-state index contributed by atoms with van der Waals surface area (Å²) in [4.78, 5) is 10.7. The maximum Gasteiger partial charge on any atom is 0.357 e. The van der Waals surface area contributed by atoms with Crippen LogP contribution in [0.5, 0.6) is 0 Å². The second kappa shape index (κ2) is 3.55. The van der Waals surface area contributed by atoms with Crippen LogP contribution in [0.1, 0.15) is 10.5 Å². The normalized spacial score (nSPS) is 9.71. The number of halogens is 1. The minimum absolute atomic E-state index is 0. The van der Waals surface area contributed by atoms with Crippen LogP contribution in [-0.2, 0) is 0 Å². The van der Waals surface area contributed by atoms with E-state index < -0.39 is 5.97 Å². The Morgan fingerprint density at radius 2 is 2.21 bits per heavy atom. The molecule has 1 aromatic heterocycles. The third-order valence-electron chi connectivity index (χ3n) is 1.79. The number of nitrogens with zero attached hydrogens (tertiary/aromatic N) is 1. The van der Waals surface area contributed by atoms with Gasteiger partial charge in [0.05, 0.1) is 5.52 Å².